The Morgan fingerprint density at radius 1 is 0.970 bits per heavy atom. The number of nitrogens with zero attached hydrogens (tertiary/aromatic N) is 4. The molecule has 0 spiro atoms. The molecule has 0 bridgehead atoms. The average molecular weight is 439 g/mol. The van der Waals surface area contributed by atoms with Gasteiger partial charge >= 0.3 is 0 Å². The summed E-state index contributed by atoms with van der Waals surface area (Å²) >= 11 is 0. The molecule has 3 heterocycles. The van der Waals surface area contributed by atoms with E-state index in [1.807, 2.05) is 12.1 Å². The van der Waals surface area contributed by atoms with E-state index in [0.29, 0.717) is 22.7 Å². The number of anilines is 1. The summed E-state index contributed by atoms with van der Waals surface area (Å²) in [6.45, 7) is 0.202. The Hall–Kier alpha value is -4.59. The molecule has 0 unspecified atom stereocenters. The number of amides is 1. The van der Waals surface area contributed by atoms with Gasteiger partial charge in [-0.25, -0.2) is 9.07 Å². The van der Waals surface area contributed by atoms with Gasteiger partial charge in [0.1, 0.15) is 11.5 Å². The van der Waals surface area contributed by atoms with Crippen molar-refractivity contribution in [2.75, 3.05) is 5.32 Å². The Kier molecular flexibility index (Phi) is 5.24. The van der Waals surface area contributed by atoms with Crippen molar-refractivity contribution in [1.29, 1.82) is 0 Å². The van der Waals surface area contributed by atoms with Gasteiger partial charge in [-0.3, -0.25) is 19.1 Å². The zero-order chi connectivity index (χ0) is 22.8. The molecule has 7 nitrogen and oxygen atoms in total. The molecule has 0 saturated heterocycles. The highest BCUT2D eigenvalue weighted by Crippen LogP contribution is 2.20. The van der Waals surface area contributed by atoms with E-state index >= 15 is 0 Å². The lowest BCUT2D eigenvalue weighted by molar-refractivity contribution is 0.102. The monoisotopic (exact) mass is 439 g/mol. The molecule has 162 valence electrons. The third kappa shape index (κ3) is 4.27. The van der Waals surface area contributed by atoms with Crippen molar-refractivity contribution >= 4 is 22.5 Å². The Labute approximate surface area is 187 Å². The zero-order valence-electron chi connectivity index (χ0n) is 17.4. The van der Waals surface area contributed by atoms with Crippen LogP contribution in [0.2, 0.25) is 0 Å². The molecule has 5 aromatic rings. The lowest BCUT2D eigenvalue weighted by Crippen LogP contribution is -2.24. The van der Waals surface area contributed by atoms with E-state index in [2.05, 4.69) is 15.4 Å². The van der Waals surface area contributed by atoms with E-state index in [1.54, 1.807) is 65.5 Å². The third-order valence-corrected chi connectivity index (χ3v) is 5.17. The number of pyridine rings is 1. The summed E-state index contributed by atoms with van der Waals surface area (Å²) in [4.78, 5) is 28.9. The standard InChI is InChI=1S/C25H18FN5O2/c26-19-8-7-18-11-13-30(22(18)15-19)23-9-10-24(32)31(29-23)16-17-4-3-5-20(14-17)28-25(33)21-6-1-2-12-27-21/h1-15H,16H2,(H,28,33). The largest absolute Gasteiger partial charge is 0.321 e. The second kappa shape index (κ2) is 8.51. The third-order valence-electron chi connectivity index (χ3n) is 5.17. The SMILES string of the molecule is O=C(Nc1cccc(Cn2nc(-n3ccc4ccc(F)cc43)ccc2=O)c1)c1ccccn1. The lowest BCUT2D eigenvalue weighted by atomic mass is 10.2. The second-order valence-corrected chi connectivity index (χ2v) is 7.45. The number of fused-ring (bicyclic) bond motifs is 1. The van der Waals surface area contributed by atoms with Crippen molar-refractivity contribution in [3.63, 3.8) is 0 Å². The van der Waals surface area contributed by atoms with E-state index < -0.39 is 0 Å². The number of carbonyl (C=O) groups is 1. The van der Waals surface area contributed by atoms with Crippen molar-refractivity contribution < 1.29 is 9.18 Å². The maximum absolute atomic E-state index is 13.8. The molecular weight excluding hydrogens is 421 g/mol. The summed E-state index contributed by atoms with van der Waals surface area (Å²) in [7, 11) is 0. The molecule has 0 fully saturated rings. The number of nitrogens with one attached hydrogen (secondary N) is 1. The highest BCUT2D eigenvalue weighted by molar-refractivity contribution is 6.02. The summed E-state index contributed by atoms with van der Waals surface area (Å²) in [5.41, 5.74) is 2.06. The number of benzene rings is 2. The predicted octanol–water partition coefficient (Wildman–Crippen LogP) is 4.02. The minimum Gasteiger partial charge on any atom is -0.321 e. The van der Waals surface area contributed by atoms with Crippen LogP contribution in [0.15, 0.2) is 96.1 Å². The molecule has 1 N–H and O–H groups in total. The molecule has 0 radical (unpaired) electrons. The normalized spacial score (nSPS) is 10.9. The fourth-order valence-electron chi connectivity index (χ4n) is 3.59. The Bertz CT molecular complexity index is 1530. The van der Waals surface area contributed by atoms with Crippen LogP contribution in [-0.2, 0) is 6.54 Å². The summed E-state index contributed by atoms with van der Waals surface area (Å²) in [5, 5.41) is 8.15. The fraction of sp³-hybridized carbons (Fsp3) is 0.0400. The van der Waals surface area contributed by atoms with Gasteiger partial charge in [0.05, 0.1) is 12.1 Å². The van der Waals surface area contributed by atoms with Crippen molar-refractivity contribution in [3.05, 3.63) is 119 Å². The van der Waals surface area contributed by atoms with Crippen LogP contribution >= 0.6 is 0 Å². The minimum absolute atomic E-state index is 0.202. The number of hydrogen-bond acceptors (Lipinski definition) is 4. The van der Waals surface area contributed by atoms with Gasteiger partial charge in [-0.2, -0.15) is 5.10 Å². The smallest absolute Gasteiger partial charge is 0.274 e. The summed E-state index contributed by atoms with van der Waals surface area (Å²) in [5.74, 6) is -0.174. The first-order valence-electron chi connectivity index (χ1n) is 10.2. The lowest BCUT2D eigenvalue weighted by Gasteiger charge is -2.10. The molecular formula is C25H18FN5O2. The molecule has 0 aliphatic rings. The van der Waals surface area contributed by atoms with Crippen molar-refractivity contribution in [2.24, 2.45) is 0 Å². The van der Waals surface area contributed by atoms with Gasteiger partial charge in [-0.15, -0.1) is 0 Å². The molecule has 0 saturated carbocycles. The zero-order valence-corrected chi connectivity index (χ0v) is 17.4. The topological polar surface area (TPSA) is 81.8 Å². The van der Waals surface area contributed by atoms with Crippen LogP contribution in [-0.4, -0.2) is 25.2 Å². The Morgan fingerprint density at radius 3 is 2.73 bits per heavy atom. The molecule has 5 rings (SSSR count). The molecule has 33 heavy (non-hydrogen) atoms. The van der Waals surface area contributed by atoms with Crippen molar-refractivity contribution in [2.45, 2.75) is 6.54 Å². The van der Waals surface area contributed by atoms with Crippen LogP contribution in [0.25, 0.3) is 16.7 Å². The minimum atomic E-state index is -0.347. The first kappa shape index (κ1) is 20.3. The molecule has 0 aliphatic heterocycles. The van der Waals surface area contributed by atoms with Crippen LogP contribution in [0, 0.1) is 5.82 Å². The fourth-order valence-corrected chi connectivity index (χ4v) is 3.59. The van der Waals surface area contributed by atoms with Gasteiger partial charge in [0.25, 0.3) is 11.5 Å². The van der Waals surface area contributed by atoms with E-state index in [9.17, 15) is 14.0 Å². The van der Waals surface area contributed by atoms with E-state index in [0.717, 1.165) is 10.9 Å². The molecule has 1 amide bonds. The first-order valence-corrected chi connectivity index (χ1v) is 10.2. The Morgan fingerprint density at radius 2 is 1.88 bits per heavy atom. The predicted molar refractivity (Wildman–Crippen MR) is 123 cm³/mol. The van der Waals surface area contributed by atoms with Gasteiger partial charge in [-0.1, -0.05) is 18.2 Å². The van der Waals surface area contributed by atoms with E-state index in [4.69, 9.17) is 0 Å². The average Bonchev–Trinajstić information content (AvgIpc) is 3.24. The van der Waals surface area contributed by atoms with E-state index in [1.165, 1.54) is 22.9 Å². The van der Waals surface area contributed by atoms with Crippen LogP contribution < -0.4 is 10.9 Å². The maximum Gasteiger partial charge on any atom is 0.274 e. The summed E-state index contributed by atoms with van der Waals surface area (Å²) in [6.07, 6.45) is 3.34. The van der Waals surface area contributed by atoms with Gasteiger partial charge in [0.15, 0.2) is 5.82 Å². The van der Waals surface area contributed by atoms with Crippen molar-refractivity contribution in [1.82, 2.24) is 19.3 Å². The number of carbonyl (C=O) groups excluding carboxylic acids is 1. The van der Waals surface area contributed by atoms with E-state index in [-0.39, 0.29) is 23.8 Å². The van der Waals surface area contributed by atoms with Gasteiger partial charge in [0.2, 0.25) is 0 Å². The van der Waals surface area contributed by atoms with Crippen LogP contribution in [0.3, 0.4) is 0 Å². The summed E-state index contributed by atoms with van der Waals surface area (Å²) < 4.78 is 16.8. The number of hydrogen-bond donors (Lipinski definition) is 1. The van der Waals surface area contributed by atoms with Gasteiger partial charge in [0, 0.05) is 29.5 Å². The molecule has 2 aromatic carbocycles. The quantitative estimate of drug-likeness (QED) is 0.448. The molecule has 3 aromatic heterocycles. The number of rotatable bonds is 5. The van der Waals surface area contributed by atoms with Crippen molar-refractivity contribution in [3.8, 4) is 5.82 Å². The van der Waals surface area contributed by atoms with Crippen LogP contribution in [0.4, 0.5) is 10.1 Å². The van der Waals surface area contributed by atoms with Crippen LogP contribution in [0.5, 0.6) is 0 Å². The highest BCUT2D eigenvalue weighted by Gasteiger charge is 2.10. The van der Waals surface area contributed by atoms with Gasteiger partial charge < -0.3 is 5.32 Å². The second-order valence-electron chi connectivity index (χ2n) is 7.45. The number of aromatic nitrogens is 4. The molecule has 0 atom stereocenters. The molecule has 0 aliphatic carbocycles. The number of halogens is 1. The highest BCUT2D eigenvalue weighted by atomic mass is 19.1. The maximum atomic E-state index is 13.8. The summed E-state index contributed by atoms with van der Waals surface area (Å²) in [6, 6.07) is 21.7. The van der Waals surface area contributed by atoms with Crippen LogP contribution in [0.1, 0.15) is 16.1 Å². The molecule has 8 heteroatoms. The Balaban J connectivity index is 1.42. The van der Waals surface area contributed by atoms with Gasteiger partial charge in [-0.05, 0) is 60.2 Å². The first-order chi connectivity index (χ1) is 16.1.